The van der Waals surface area contributed by atoms with Crippen molar-refractivity contribution in [2.75, 3.05) is 0 Å². The van der Waals surface area contributed by atoms with Crippen LogP contribution in [0, 0.1) is 12.3 Å². The van der Waals surface area contributed by atoms with Gasteiger partial charge < -0.3 is 6.92 Å². The molecule has 42 valence electrons. The fraction of sp³-hybridized carbons (Fsp3) is 0.800. The van der Waals surface area contributed by atoms with Crippen molar-refractivity contribution < 1.29 is 19.5 Å². The summed E-state index contributed by atoms with van der Waals surface area (Å²) in [6, 6.07) is 0. The van der Waals surface area contributed by atoms with E-state index >= 15 is 0 Å². The first-order valence-electron chi connectivity index (χ1n) is 1.85. The molecule has 0 aromatic carbocycles. The van der Waals surface area contributed by atoms with Crippen molar-refractivity contribution >= 4 is 17.0 Å². The summed E-state index contributed by atoms with van der Waals surface area (Å²) in [6.07, 6.45) is 0. The molecule has 0 nitrogen and oxygen atoms in total. The SMILES string of the molecule is Br.[CH2-]C(C)(C)C.[Zn]. The van der Waals surface area contributed by atoms with Gasteiger partial charge in [-0.25, -0.2) is 0 Å². The Bertz CT molecular complexity index is 23.6. The minimum Gasteiger partial charge on any atom is -0.338 e. The maximum absolute atomic E-state index is 3.77. The monoisotopic (exact) mass is 215 g/mol. The molecule has 2 heteroatoms. The third-order valence-electron chi connectivity index (χ3n) is 0. The second-order valence-corrected chi connectivity index (χ2v) is 2.56. The Hall–Kier alpha value is 1.10. The molecule has 0 aromatic heterocycles. The Balaban J connectivity index is -0.0000000800. The molecule has 0 unspecified atom stereocenters. The Labute approximate surface area is 69.6 Å². The molecule has 0 radical (unpaired) electrons. The van der Waals surface area contributed by atoms with E-state index in [1.54, 1.807) is 0 Å². The van der Waals surface area contributed by atoms with Crippen molar-refractivity contribution in [2.24, 2.45) is 5.41 Å². The second kappa shape index (κ2) is 5.24. The minimum atomic E-state index is 0. The molecule has 0 saturated heterocycles. The standard InChI is InChI=1S/C5H11.BrH.Zn/c1-5(2,3)4;;/h1H2,2-4H3;1H;/q-1;;. The van der Waals surface area contributed by atoms with Gasteiger partial charge in [0.05, 0.1) is 0 Å². The molecule has 0 fully saturated rings. The summed E-state index contributed by atoms with van der Waals surface area (Å²) < 4.78 is 0. The van der Waals surface area contributed by atoms with E-state index < -0.39 is 0 Å². The number of hydrogen-bond donors (Lipinski definition) is 0. The van der Waals surface area contributed by atoms with Crippen LogP contribution in [0.5, 0.6) is 0 Å². The van der Waals surface area contributed by atoms with Gasteiger partial charge >= 0.3 is 0 Å². The largest absolute Gasteiger partial charge is 0.338 e. The second-order valence-electron chi connectivity index (χ2n) is 2.56. The van der Waals surface area contributed by atoms with Gasteiger partial charge in [0.15, 0.2) is 0 Å². The average Bonchev–Trinajstić information content (AvgIpc) is 0.722. The van der Waals surface area contributed by atoms with Crippen molar-refractivity contribution in [3.8, 4) is 0 Å². The first kappa shape index (κ1) is 15.7. The summed E-state index contributed by atoms with van der Waals surface area (Å²) >= 11 is 0. The molecule has 0 amide bonds. The van der Waals surface area contributed by atoms with E-state index in [0.717, 1.165) is 0 Å². The maximum Gasteiger partial charge on any atom is 0 e. The molecule has 0 aromatic rings. The van der Waals surface area contributed by atoms with Crippen LogP contribution in [0.1, 0.15) is 20.8 Å². The van der Waals surface area contributed by atoms with E-state index in [1.165, 1.54) is 0 Å². The first-order chi connectivity index (χ1) is 2.00. The fourth-order valence-corrected chi connectivity index (χ4v) is 0. The van der Waals surface area contributed by atoms with Gasteiger partial charge in [0.2, 0.25) is 0 Å². The molecule has 7 heavy (non-hydrogen) atoms. The zero-order chi connectivity index (χ0) is 4.50. The van der Waals surface area contributed by atoms with Crippen molar-refractivity contribution in [1.29, 1.82) is 0 Å². The normalized spacial score (nSPS) is 8.57. The van der Waals surface area contributed by atoms with Crippen LogP contribution in [0.2, 0.25) is 0 Å². The van der Waals surface area contributed by atoms with Crippen LogP contribution in [0.25, 0.3) is 0 Å². The van der Waals surface area contributed by atoms with Gasteiger partial charge in [0.1, 0.15) is 0 Å². The summed E-state index contributed by atoms with van der Waals surface area (Å²) in [7, 11) is 0. The van der Waals surface area contributed by atoms with Gasteiger partial charge in [-0.3, -0.25) is 0 Å². The smallest absolute Gasteiger partial charge is 0 e. The maximum atomic E-state index is 3.77. The van der Waals surface area contributed by atoms with Gasteiger partial charge in [0.25, 0.3) is 0 Å². The van der Waals surface area contributed by atoms with Crippen molar-refractivity contribution in [2.45, 2.75) is 20.8 Å². The predicted molar refractivity (Wildman–Crippen MR) is 35.1 cm³/mol. The van der Waals surface area contributed by atoms with E-state index in [-0.39, 0.29) is 41.9 Å². The zero-order valence-corrected chi connectivity index (χ0v) is 10.0. The summed E-state index contributed by atoms with van der Waals surface area (Å²) in [5, 5.41) is 0. The number of halogens is 1. The minimum absolute atomic E-state index is 0. The van der Waals surface area contributed by atoms with Gasteiger partial charge in [-0.1, -0.05) is 20.8 Å². The summed E-state index contributed by atoms with van der Waals surface area (Å²) in [4.78, 5) is 0. The molecule has 0 atom stereocenters. The Morgan fingerprint density at radius 1 is 1.14 bits per heavy atom. The van der Waals surface area contributed by atoms with Gasteiger partial charge in [-0.2, -0.15) is 5.41 Å². The number of rotatable bonds is 0. The molecule has 0 heterocycles. The van der Waals surface area contributed by atoms with Crippen LogP contribution >= 0.6 is 17.0 Å². The van der Waals surface area contributed by atoms with Crippen molar-refractivity contribution in [3.05, 3.63) is 6.92 Å². The molecule has 0 bridgehead atoms. The van der Waals surface area contributed by atoms with Gasteiger partial charge in [-0.15, -0.1) is 17.0 Å². The molecular formula is C5H12BrZn-. The van der Waals surface area contributed by atoms with Crippen LogP contribution in [0.15, 0.2) is 0 Å². The first-order valence-corrected chi connectivity index (χ1v) is 1.85. The fourth-order valence-electron chi connectivity index (χ4n) is 0. The molecular weight excluding hydrogens is 205 g/mol. The predicted octanol–water partition coefficient (Wildman–Crippen LogP) is 2.44. The molecule has 0 aliphatic rings. The van der Waals surface area contributed by atoms with E-state index in [0.29, 0.717) is 0 Å². The van der Waals surface area contributed by atoms with Crippen molar-refractivity contribution in [3.63, 3.8) is 0 Å². The van der Waals surface area contributed by atoms with Crippen LogP contribution in [0.4, 0.5) is 0 Å². The Kier molecular flexibility index (Phi) is 11.8. The summed E-state index contributed by atoms with van der Waals surface area (Å²) in [6.45, 7) is 10.0. The summed E-state index contributed by atoms with van der Waals surface area (Å²) in [5.74, 6) is 0. The van der Waals surface area contributed by atoms with E-state index in [9.17, 15) is 0 Å². The molecule has 0 spiro atoms. The van der Waals surface area contributed by atoms with Gasteiger partial charge in [0, 0.05) is 19.5 Å². The zero-order valence-electron chi connectivity index (χ0n) is 5.32. The van der Waals surface area contributed by atoms with Crippen LogP contribution in [0.3, 0.4) is 0 Å². The Morgan fingerprint density at radius 3 is 1.14 bits per heavy atom. The topological polar surface area (TPSA) is 0 Å². The van der Waals surface area contributed by atoms with Crippen LogP contribution in [-0.4, -0.2) is 0 Å². The molecule has 0 N–H and O–H groups in total. The molecule has 0 saturated carbocycles. The van der Waals surface area contributed by atoms with Crippen LogP contribution < -0.4 is 0 Å². The molecule has 0 aliphatic heterocycles. The third kappa shape index (κ3) is 152. The van der Waals surface area contributed by atoms with E-state index in [1.807, 2.05) is 0 Å². The molecule has 0 rings (SSSR count). The quantitative estimate of drug-likeness (QED) is 0.432. The third-order valence-corrected chi connectivity index (χ3v) is 0. The van der Waals surface area contributed by atoms with E-state index in [4.69, 9.17) is 0 Å². The van der Waals surface area contributed by atoms with Crippen LogP contribution in [-0.2, 0) is 19.5 Å². The average molecular weight is 217 g/mol. The summed E-state index contributed by atoms with van der Waals surface area (Å²) in [5.41, 5.74) is 0.250. The van der Waals surface area contributed by atoms with E-state index in [2.05, 4.69) is 27.7 Å². The van der Waals surface area contributed by atoms with Crippen molar-refractivity contribution in [1.82, 2.24) is 0 Å². The van der Waals surface area contributed by atoms with Gasteiger partial charge in [-0.05, 0) is 0 Å². The molecule has 0 aliphatic carbocycles. The Morgan fingerprint density at radius 2 is 1.14 bits per heavy atom. The number of hydrogen-bond acceptors (Lipinski definition) is 0.